The Morgan fingerprint density at radius 2 is 1.58 bits per heavy atom. The SMILES string of the molecule is C[C@H]1[C@@H](CSc2ccccn2)O[C@@H](c2cccc(NC(=O)c3c(F)c(F)c(F)c(F)c3F)c2)O[C@H]1c1ccc(CO)cc1. The average molecular weight is 617 g/mol. The van der Waals surface area contributed by atoms with Crippen molar-refractivity contribution in [2.45, 2.75) is 37.1 Å². The summed E-state index contributed by atoms with van der Waals surface area (Å²) in [4.78, 5) is 17.0. The van der Waals surface area contributed by atoms with Crippen LogP contribution in [0.15, 0.2) is 78.0 Å². The van der Waals surface area contributed by atoms with E-state index in [1.165, 1.54) is 30.0 Å². The molecular formula is C31H25F5N2O4S. The molecule has 224 valence electrons. The maximum absolute atomic E-state index is 14.2. The zero-order valence-electron chi connectivity index (χ0n) is 22.6. The van der Waals surface area contributed by atoms with E-state index >= 15 is 0 Å². The van der Waals surface area contributed by atoms with Gasteiger partial charge in [0.05, 0.1) is 23.8 Å². The number of carbonyl (C=O) groups is 1. The molecule has 1 amide bonds. The van der Waals surface area contributed by atoms with Crippen molar-refractivity contribution < 1.29 is 41.3 Å². The minimum atomic E-state index is -2.36. The second kappa shape index (κ2) is 13.2. The molecule has 6 nitrogen and oxygen atoms in total. The molecule has 0 spiro atoms. The van der Waals surface area contributed by atoms with Gasteiger partial charge in [-0.05, 0) is 35.4 Å². The number of nitrogens with zero attached hydrogens (tertiary/aromatic N) is 1. The van der Waals surface area contributed by atoms with E-state index in [2.05, 4.69) is 10.3 Å². The van der Waals surface area contributed by atoms with Crippen molar-refractivity contribution in [3.05, 3.63) is 124 Å². The third-order valence-electron chi connectivity index (χ3n) is 7.01. The average Bonchev–Trinajstić information content (AvgIpc) is 3.03. The van der Waals surface area contributed by atoms with E-state index in [4.69, 9.17) is 9.47 Å². The van der Waals surface area contributed by atoms with Gasteiger partial charge in [-0.3, -0.25) is 4.79 Å². The van der Waals surface area contributed by atoms with Crippen molar-refractivity contribution in [1.82, 2.24) is 4.98 Å². The van der Waals surface area contributed by atoms with Gasteiger partial charge < -0.3 is 19.9 Å². The lowest BCUT2D eigenvalue weighted by atomic mass is 9.91. The molecule has 1 fully saturated rings. The van der Waals surface area contributed by atoms with Crippen LogP contribution in [0, 0.1) is 35.0 Å². The van der Waals surface area contributed by atoms with Gasteiger partial charge in [0.2, 0.25) is 5.82 Å². The molecule has 0 radical (unpaired) electrons. The Hall–Kier alpha value is -3.84. The van der Waals surface area contributed by atoms with Crippen LogP contribution in [0.25, 0.3) is 0 Å². The third kappa shape index (κ3) is 6.57. The topological polar surface area (TPSA) is 80.7 Å². The van der Waals surface area contributed by atoms with Crippen LogP contribution in [0.4, 0.5) is 27.6 Å². The van der Waals surface area contributed by atoms with Crippen LogP contribution in [0.3, 0.4) is 0 Å². The molecule has 4 atom stereocenters. The molecule has 5 rings (SSSR count). The standard InChI is InChI=1S/C31H25F5N2O4S/c1-16-21(15-43-22-7-2-3-12-37-22)41-31(42-29(16)18-10-8-17(14-39)9-11-18)19-5-4-6-20(13-19)38-30(40)23-24(32)26(34)28(36)27(35)25(23)33/h2-13,16,21,29,31,39H,14-15H2,1H3,(H,38,40)/t16-,21+,29+,31+/m0/s1. The molecular weight excluding hydrogens is 591 g/mol. The van der Waals surface area contributed by atoms with Crippen LogP contribution in [-0.4, -0.2) is 27.9 Å². The van der Waals surface area contributed by atoms with Crippen LogP contribution in [-0.2, 0) is 16.1 Å². The lowest BCUT2D eigenvalue weighted by Gasteiger charge is -2.41. The highest BCUT2D eigenvalue weighted by molar-refractivity contribution is 7.99. The van der Waals surface area contributed by atoms with Crippen molar-refractivity contribution in [2.75, 3.05) is 11.1 Å². The Kier molecular flexibility index (Phi) is 9.40. The van der Waals surface area contributed by atoms with E-state index in [9.17, 15) is 31.9 Å². The van der Waals surface area contributed by atoms with Crippen molar-refractivity contribution in [3.63, 3.8) is 0 Å². The number of rotatable bonds is 8. The molecule has 0 saturated carbocycles. The number of anilines is 1. The fourth-order valence-corrected chi connectivity index (χ4v) is 5.70. The number of benzene rings is 3. The van der Waals surface area contributed by atoms with Gasteiger partial charge in [0, 0.05) is 29.1 Å². The number of nitrogens with one attached hydrogen (secondary N) is 1. The molecule has 0 unspecified atom stereocenters. The smallest absolute Gasteiger partial charge is 0.261 e. The Labute approximate surface area is 247 Å². The van der Waals surface area contributed by atoms with Crippen LogP contribution in [0.5, 0.6) is 0 Å². The highest BCUT2D eigenvalue weighted by atomic mass is 32.2. The molecule has 1 saturated heterocycles. The Morgan fingerprint density at radius 1 is 0.884 bits per heavy atom. The van der Waals surface area contributed by atoms with Crippen LogP contribution in [0.2, 0.25) is 0 Å². The quantitative estimate of drug-likeness (QED) is 0.0952. The van der Waals surface area contributed by atoms with Crippen molar-refractivity contribution in [3.8, 4) is 0 Å². The second-order valence-corrected chi connectivity index (χ2v) is 10.9. The highest BCUT2D eigenvalue weighted by Crippen LogP contribution is 2.43. The largest absolute Gasteiger partial charge is 0.392 e. The highest BCUT2D eigenvalue weighted by Gasteiger charge is 2.38. The number of ether oxygens (including phenoxy) is 2. The van der Waals surface area contributed by atoms with Crippen LogP contribution < -0.4 is 5.32 Å². The van der Waals surface area contributed by atoms with Crippen LogP contribution in [0.1, 0.15) is 46.4 Å². The minimum Gasteiger partial charge on any atom is -0.392 e. The predicted octanol–water partition coefficient (Wildman–Crippen LogP) is 7.11. The zero-order valence-corrected chi connectivity index (χ0v) is 23.4. The molecule has 2 N–H and O–H groups in total. The number of aliphatic hydroxyl groups is 1. The predicted molar refractivity (Wildman–Crippen MR) is 149 cm³/mol. The maximum atomic E-state index is 14.2. The van der Waals surface area contributed by atoms with Gasteiger partial charge in [-0.2, -0.15) is 0 Å². The zero-order chi connectivity index (χ0) is 30.7. The summed E-state index contributed by atoms with van der Waals surface area (Å²) in [5, 5.41) is 12.4. The Balaban J connectivity index is 1.41. The molecule has 12 heteroatoms. The minimum absolute atomic E-state index is 0.0144. The number of aliphatic hydroxyl groups excluding tert-OH is 1. The summed E-state index contributed by atoms with van der Waals surface area (Å²) in [6, 6.07) is 18.9. The van der Waals surface area contributed by atoms with Crippen molar-refractivity contribution >= 4 is 23.4 Å². The summed E-state index contributed by atoms with van der Waals surface area (Å²) in [6.07, 6.45) is -0.0247. The van der Waals surface area contributed by atoms with E-state index in [-0.39, 0.29) is 24.3 Å². The summed E-state index contributed by atoms with van der Waals surface area (Å²) < 4.78 is 81.9. The molecule has 1 aliphatic heterocycles. The Morgan fingerprint density at radius 3 is 2.23 bits per heavy atom. The molecule has 0 bridgehead atoms. The number of aromatic nitrogens is 1. The first-order valence-corrected chi connectivity index (χ1v) is 14.1. The second-order valence-electron chi connectivity index (χ2n) is 9.83. The van der Waals surface area contributed by atoms with Crippen molar-refractivity contribution in [1.29, 1.82) is 0 Å². The summed E-state index contributed by atoms with van der Waals surface area (Å²) in [7, 11) is 0. The maximum Gasteiger partial charge on any atom is 0.261 e. The van der Waals surface area contributed by atoms with E-state index in [0.717, 1.165) is 16.2 Å². The number of carbonyl (C=O) groups excluding carboxylic acids is 1. The number of thioether (sulfide) groups is 1. The number of hydrogen-bond acceptors (Lipinski definition) is 6. The molecule has 0 aliphatic carbocycles. The van der Waals surface area contributed by atoms with E-state index in [1.54, 1.807) is 24.4 Å². The summed E-state index contributed by atoms with van der Waals surface area (Å²) in [5.41, 5.74) is 0.437. The fourth-order valence-electron chi connectivity index (χ4n) is 4.67. The lowest BCUT2D eigenvalue weighted by molar-refractivity contribution is -0.268. The summed E-state index contributed by atoms with van der Waals surface area (Å²) >= 11 is 1.51. The molecule has 4 aromatic rings. The van der Waals surface area contributed by atoms with Gasteiger partial charge in [0.25, 0.3) is 5.91 Å². The number of amides is 1. The number of halogens is 5. The Bertz CT molecular complexity index is 1580. The molecule has 1 aromatic heterocycles. The van der Waals surface area contributed by atoms with Gasteiger partial charge in [-0.15, -0.1) is 11.8 Å². The van der Waals surface area contributed by atoms with Gasteiger partial charge in [0.1, 0.15) is 5.56 Å². The summed E-state index contributed by atoms with van der Waals surface area (Å²) in [5.74, 6) is -12.4. The monoisotopic (exact) mass is 616 g/mol. The van der Waals surface area contributed by atoms with Gasteiger partial charge >= 0.3 is 0 Å². The number of hydrogen-bond donors (Lipinski definition) is 2. The lowest BCUT2D eigenvalue weighted by Crippen LogP contribution is -2.38. The molecule has 43 heavy (non-hydrogen) atoms. The first-order valence-electron chi connectivity index (χ1n) is 13.1. The molecule has 3 aromatic carbocycles. The summed E-state index contributed by atoms with van der Waals surface area (Å²) in [6.45, 7) is 1.88. The van der Waals surface area contributed by atoms with Gasteiger partial charge in [0.15, 0.2) is 29.6 Å². The first-order chi connectivity index (χ1) is 20.7. The third-order valence-corrected chi connectivity index (χ3v) is 8.04. The van der Waals surface area contributed by atoms with E-state index < -0.39 is 53.0 Å². The normalized spacial score (nSPS) is 20.2. The van der Waals surface area contributed by atoms with Gasteiger partial charge in [-0.25, -0.2) is 26.9 Å². The van der Waals surface area contributed by atoms with Gasteiger partial charge in [-0.1, -0.05) is 49.4 Å². The number of pyridine rings is 1. The first kappa shape index (κ1) is 30.6. The van der Waals surface area contributed by atoms with Crippen LogP contribution >= 0.6 is 11.8 Å². The molecule has 2 heterocycles. The van der Waals surface area contributed by atoms with E-state index in [0.29, 0.717) is 11.3 Å². The fraction of sp³-hybridized carbons (Fsp3) is 0.226. The van der Waals surface area contributed by atoms with Crippen molar-refractivity contribution in [2.24, 2.45) is 5.92 Å². The van der Waals surface area contributed by atoms with E-state index in [1.807, 2.05) is 37.3 Å². The molecule has 1 aliphatic rings.